The molecule has 1 aliphatic rings. The van der Waals surface area contributed by atoms with Crippen molar-refractivity contribution in [2.24, 2.45) is 5.73 Å². The summed E-state index contributed by atoms with van der Waals surface area (Å²) in [6.45, 7) is 4.86. The standard InChI is InChI=1S/C19H26N4O2.ClH/c1-15-13-21-23(14-15)17-5-3-16(4-6-17)19(24)22-10-7-18(8-11-22)25-12-2-9-20;/h3-6,13-14,18H,2,7-12,20H2,1H3;1H. The largest absolute Gasteiger partial charge is 0.378 e. The number of aromatic nitrogens is 2. The van der Waals surface area contributed by atoms with Crippen LogP contribution in [0.25, 0.3) is 5.69 Å². The Morgan fingerprint density at radius 3 is 2.54 bits per heavy atom. The van der Waals surface area contributed by atoms with Crippen LogP contribution >= 0.6 is 12.4 Å². The number of carbonyl (C=O) groups is 1. The van der Waals surface area contributed by atoms with Gasteiger partial charge in [0.15, 0.2) is 0 Å². The molecule has 0 bridgehead atoms. The van der Waals surface area contributed by atoms with Gasteiger partial charge in [-0.2, -0.15) is 5.10 Å². The Labute approximate surface area is 160 Å². The van der Waals surface area contributed by atoms with E-state index in [1.807, 2.05) is 53.2 Å². The van der Waals surface area contributed by atoms with Crippen LogP contribution in [0.2, 0.25) is 0 Å². The summed E-state index contributed by atoms with van der Waals surface area (Å²) in [5.74, 6) is 0.0867. The second kappa shape index (κ2) is 9.71. The van der Waals surface area contributed by atoms with Crippen LogP contribution in [0.1, 0.15) is 35.2 Å². The van der Waals surface area contributed by atoms with Crippen molar-refractivity contribution in [2.45, 2.75) is 32.3 Å². The van der Waals surface area contributed by atoms with E-state index >= 15 is 0 Å². The number of benzene rings is 1. The van der Waals surface area contributed by atoms with E-state index in [0.717, 1.165) is 49.2 Å². The molecule has 0 saturated carbocycles. The van der Waals surface area contributed by atoms with Crippen LogP contribution in [0.4, 0.5) is 0 Å². The SMILES string of the molecule is Cc1cnn(-c2ccc(C(=O)N3CCC(OCCCN)CC3)cc2)c1.Cl. The maximum Gasteiger partial charge on any atom is 0.253 e. The third-order valence-electron chi connectivity index (χ3n) is 4.52. The first kappa shape index (κ1) is 20.4. The smallest absolute Gasteiger partial charge is 0.253 e. The van der Waals surface area contributed by atoms with Crippen molar-refractivity contribution in [3.8, 4) is 5.69 Å². The third kappa shape index (κ3) is 5.06. The average Bonchev–Trinajstić information content (AvgIpc) is 3.08. The lowest BCUT2D eigenvalue weighted by molar-refractivity contribution is 0.00845. The molecule has 0 unspecified atom stereocenters. The zero-order chi connectivity index (χ0) is 17.6. The summed E-state index contributed by atoms with van der Waals surface area (Å²) in [5.41, 5.74) is 8.26. The van der Waals surface area contributed by atoms with E-state index in [0.29, 0.717) is 13.2 Å². The molecule has 0 radical (unpaired) electrons. The molecule has 1 saturated heterocycles. The maximum atomic E-state index is 12.7. The first-order valence-electron chi connectivity index (χ1n) is 8.90. The Kier molecular flexibility index (Phi) is 7.63. The van der Waals surface area contributed by atoms with Gasteiger partial charge in [-0.15, -0.1) is 12.4 Å². The van der Waals surface area contributed by atoms with Crippen molar-refractivity contribution in [3.05, 3.63) is 47.8 Å². The molecule has 0 atom stereocenters. The van der Waals surface area contributed by atoms with Crippen molar-refractivity contribution in [3.63, 3.8) is 0 Å². The number of halogens is 1. The fourth-order valence-corrected chi connectivity index (χ4v) is 3.05. The van der Waals surface area contributed by atoms with Crippen molar-refractivity contribution < 1.29 is 9.53 Å². The summed E-state index contributed by atoms with van der Waals surface area (Å²) in [7, 11) is 0. The third-order valence-corrected chi connectivity index (χ3v) is 4.52. The molecule has 2 N–H and O–H groups in total. The number of ether oxygens (including phenoxy) is 1. The molecule has 6 nitrogen and oxygen atoms in total. The van der Waals surface area contributed by atoms with E-state index in [1.165, 1.54) is 0 Å². The maximum absolute atomic E-state index is 12.7. The molecule has 7 heteroatoms. The van der Waals surface area contributed by atoms with Gasteiger partial charge in [-0.1, -0.05) is 0 Å². The number of likely N-dealkylation sites (tertiary alicyclic amines) is 1. The topological polar surface area (TPSA) is 73.4 Å². The molecule has 1 aromatic carbocycles. The Morgan fingerprint density at radius 1 is 1.27 bits per heavy atom. The number of carbonyl (C=O) groups excluding carboxylic acids is 1. The lowest BCUT2D eigenvalue weighted by atomic mass is 10.1. The summed E-state index contributed by atoms with van der Waals surface area (Å²) < 4.78 is 7.61. The van der Waals surface area contributed by atoms with Gasteiger partial charge in [-0.05, 0) is 62.6 Å². The lowest BCUT2D eigenvalue weighted by Gasteiger charge is -2.32. The van der Waals surface area contributed by atoms with Crippen LogP contribution in [0, 0.1) is 6.92 Å². The van der Waals surface area contributed by atoms with Gasteiger partial charge in [0, 0.05) is 31.5 Å². The number of aryl methyl sites for hydroxylation is 1. The quantitative estimate of drug-likeness (QED) is 0.784. The Bertz CT molecular complexity index is 694. The first-order chi connectivity index (χ1) is 12.2. The summed E-state index contributed by atoms with van der Waals surface area (Å²) >= 11 is 0. The molecule has 3 rings (SSSR count). The number of nitrogens with zero attached hydrogens (tertiary/aromatic N) is 3. The fourth-order valence-electron chi connectivity index (χ4n) is 3.05. The number of hydrogen-bond acceptors (Lipinski definition) is 4. The number of piperidine rings is 1. The fraction of sp³-hybridized carbons (Fsp3) is 0.474. The van der Waals surface area contributed by atoms with Crippen LogP contribution in [0.3, 0.4) is 0 Å². The van der Waals surface area contributed by atoms with Crippen molar-refractivity contribution >= 4 is 18.3 Å². The number of hydrogen-bond donors (Lipinski definition) is 1. The highest BCUT2D eigenvalue weighted by Gasteiger charge is 2.23. The van der Waals surface area contributed by atoms with Gasteiger partial charge in [0.1, 0.15) is 0 Å². The van der Waals surface area contributed by atoms with Gasteiger partial charge in [-0.3, -0.25) is 4.79 Å². The minimum Gasteiger partial charge on any atom is -0.378 e. The number of rotatable bonds is 6. The van der Waals surface area contributed by atoms with Crippen LogP contribution in [0.15, 0.2) is 36.7 Å². The summed E-state index contributed by atoms with van der Waals surface area (Å²) in [6, 6.07) is 7.61. The zero-order valence-electron chi connectivity index (χ0n) is 15.1. The number of amides is 1. The van der Waals surface area contributed by atoms with Crippen molar-refractivity contribution in [1.29, 1.82) is 0 Å². The molecule has 2 aromatic rings. The van der Waals surface area contributed by atoms with Gasteiger partial charge >= 0.3 is 0 Å². The van der Waals surface area contributed by atoms with Gasteiger partial charge in [-0.25, -0.2) is 4.68 Å². The van der Waals surface area contributed by atoms with Gasteiger partial charge in [0.05, 0.1) is 18.0 Å². The highest BCUT2D eigenvalue weighted by atomic mass is 35.5. The molecule has 1 amide bonds. The molecule has 1 aliphatic heterocycles. The van der Waals surface area contributed by atoms with Crippen LogP contribution in [0.5, 0.6) is 0 Å². The predicted molar refractivity (Wildman–Crippen MR) is 104 cm³/mol. The van der Waals surface area contributed by atoms with Crippen molar-refractivity contribution in [2.75, 3.05) is 26.2 Å². The van der Waals surface area contributed by atoms with Crippen LogP contribution in [-0.4, -0.2) is 52.9 Å². The van der Waals surface area contributed by atoms with Crippen LogP contribution in [-0.2, 0) is 4.74 Å². The zero-order valence-corrected chi connectivity index (χ0v) is 16.0. The molecule has 1 aromatic heterocycles. The van der Waals surface area contributed by atoms with E-state index in [4.69, 9.17) is 10.5 Å². The Hall–Kier alpha value is -1.89. The molecule has 0 aliphatic carbocycles. The highest BCUT2D eigenvalue weighted by Crippen LogP contribution is 2.18. The van der Waals surface area contributed by atoms with Gasteiger partial charge in [0.2, 0.25) is 0 Å². The molecular weight excluding hydrogens is 352 g/mol. The Morgan fingerprint density at radius 2 is 1.96 bits per heavy atom. The molecule has 2 heterocycles. The van der Waals surface area contributed by atoms with Gasteiger partial charge < -0.3 is 15.4 Å². The number of nitrogens with two attached hydrogens (primary N) is 1. The monoisotopic (exact) mass is 378 g/mol. The lowest BCUT2D eigenvalue weighted by Crippen LogP contribution is -2.41. The summed E-state index contributed by atoms with van der Waals surface area (Å²) in [4.78, 5) is 14.6. The summed E-state index contributed by atoms with van der Waals surface area (Å²) in [5, 5.41) is 4.29. The molecule has 26 heavy (non-hydrogen) atoms. The molecule has 142 valence electrons. The van der Waals surface area contributed by atoms with E-state index in [1.54, 1.807) is 0 Å². The van der Waals surface area contributed by atoms with E-state index < -0.39 is 0 Å². The second-order valence-corrected chi connectivity index (χ2v) is 6.51. The van der Waals surface area contributed by atoms with Crippen molar-refractivity contribution in [1.82, 2.24) is 14.7 Å². The highest BCUT2D eigenvalue weighted by molar-refractivity contribution is 5.94. The summed E-state index contributed by atoms with van der Waals surface area (Å²) in [6.07, 6.45) is 6.70. The minimum absolute atomic E-state index is 0. The Balaban J connectivity index is 0.00000243. The van der Waals surface area contributed by atoms with E-state index in [2.05, 4.69) is 5.10 Å². The van der Waals surface area contributed by atoms with E-state index in [-0.39, 0.29) is 24.4 Å². The molecule has 1 fully saturated rings. The average molecular weight is 379 g/mol. The van der Waals surface area contributed by atoms with E-state index in [9.17, 15) is 4.79 Å². The second-order valence-electron chi connectivity index (χ2n) is 6.51. The van der Waals surface area contributed by atoms with Crippen LogP contribution < -0.4 is 5.73 Å². The van der Waals surface area contributed by atoms with Gasteiger partial charge in [0.25, 0.3) is 5.91 Å². The minimum atomic E-state index is 0. The normalized spacial score (nSPS) is 14.9. The first-order valence-corrected chi connectivity index (χ1v) is 8.90. The molecule has 0 spiro atoms. The molecular formula is C19H27ClN4O2. The predicted octanol–water partition coefficient (Wildman–Crippen LogP) is 2.57.